The fraction of sp³-hybridized carbons (Fsp3) is 0.900. The molecular weight excluding hydrogens is 152 g/mol. The largest absolute Gasteiger partial charge is 0.381 e. The van der Waals surface area contributed by atoms with Gasteiger partial charge in [0, 0.05) is 13.0 Å². The summed E-state index contributed by atoms with van der Waals surface area (Å²) in [5.74, 6) is 1.24. The van der Waals surface area contributed by atoms with Gasteiger partial charge in [0.15, 0.2) is 0 Å². The van der Waals surface area contributed by atoms with Crippen LogP contribution in [0.25, 0.3) is 0 Å². The molecular formula is C10H18O2. The molecule has 0 saturated heterocycles. The molecule has 0 spiro atoms. The van der Waals surface area contributed by atoms with Gasteiger partial charge in [0.2, 0.25) is 0 Å². The van der Waals surface area contributed by atoms with E-state index >= 15 is 0 Å². The maximum atomic E-state index is 10.7. The smallest absolute Gasteiger partial charge is 0.123 e. The quantitative estimate of drug-likeness (QED) is 0.591. The maximum absolute atomic E-state index is 10.7. The first-order valence-electron chi connectivity index (χ1n) is 4.68. The van der Waals surface area contributed by atoms with E-state index < -0.39 is 0 Å². The van der Waals surface area contributed by atoms with Gasteiger partial charge in [-0.15, -0.1) is 0 Å². The second-order valence-corrected chi connectivity index (χ2v) is 3.87. The van der Waals surface area contributed by atoms with Crippen molar-refractivity contribution in [3.63, 3.8) is 0 Å². The van der Waals surface area contributed by atoms with E-state index in [9.17, 15) is 4.79 Å². The summed E-state index contributed by atoms with van der Waals surface area (Å²) in [5, 5.41) is 0. The molecule has 2 heteroatoms. The Morgan fingerprint density at radius 3 is 2.42 bits per heavy atom. The maximum Gasteiger partial charge on any atom is 0.123 e. The van der Waals surface area contributed by atoms with E-state index in [4.69, 9.17) is 4.74 Å². The zero-order valence-corrected chi connectivity index (χ0v) is 8.12. The molecule has 0 aromatic rings. The molecule has 0 amide bonds. The van der Waals surface area contributed by atoms with Crippen LogP contribution in [0.3, 0.4) is 0 Å². The summed E-state index contributed by atoms with van der Waals surface area (Å²) in [6, 6.07) is 0. The van der Waals surface area contributed by atoms with Crippen LogP contribution >= 0.6 is 0 Å². The Kier molecular flexibility index (Phi) is 3.27. The number of hydrogen-bond donors (Lipinski definition) is 0. The Morgan fingerprint density at radius 2 is 1.92 bits per heavy atom. The molecule has 1 aliphatic carbocycles. The molecule has 1 fully saturated rings. The summed E-state index contributed by atoms with van der Waals surface area (Å²) in [6.07, 6.45) is 3.49. The Morgan fingerprint density at radius 1 is 1.25 bits per heavy atom. The van der Waals surface area contributed by atoms with Crippen LogP contribution in [-0.2, 0) is 9.53 Å². The van der Waals surface area contributed by atoms with Gasteiger partial charge in [-0.2, -0.15) is 0 Å². The number of aldehydes is 1. The lowest BCUT2D eigenvalue weighted by Gasteiger charge is -2.36. The van der Waals surface area contributed by atoms with Crippen LogP contribution in [0.4, 0.5) is 0 Å². The first-order valence-corrected chi connectivity index (χ1v) is 4.68. The Hall–Kier alpha value is -0.370. The van der Waals surface area contributed by atoms with E-state index in [0.717, 1.165) is 19.1 Å². The van der Waals surface area contributed by atoms with Crippen molar-refractivity contribution in [2.24, 2.45) is 17.8 Å². The first kappa shape index (κ1) is 9.72. The Labute approximate surface area is 74.3 Å². The fourth-order valence-corrected chi connectivity index (χ4v) is 2.14. The zero-order chi connectivity index (χ0) is 9.14. The highest BCUT2D eigenvalue weighted by Gasteiger charge is 2.33. The summed E-state index contributed by atoms with van der Waals surface area (Å²) in [4.78, 5) is 10.7. The van der Waals surface area contributed by atoms with Crippen molar-refractivity contribution in [3.8, 4) is 0 Å². The minimum Gasteiger partial charge on any atom is -0.381 e. The van der Waals surface area contributed by atoms with Crippen molar-refractivity contribution in [1.29, 1.82) is 0 Å². The van der Waals surface area contributed by atoms with Gasteiger partial charge in [-0.25, -0.2) is 0 Å². The predicted octanol–water partition coefficient (Wildman–Crippen LogP) is 1.88. The van der Waals surface area contributed by atoms with E-state index in [1.54, 1.807) is 7.11 Å². The van der Waals surface area contributed by atoms with Crippen LogP contribution in [0.1, 0.15) is 26.7 Å². The fourth-order valence-electron chi connectivity index (χ4n) is 2.14. The second-order valence-electron chi connectivity index (χ2n) is 3.87. The van der Waals surface area contributed by atoms with Crippen molar-refractivity contribution >= 4 is 6.29 Å². The molecule has 4 atom stereocenters. The monoisotopic (exact) mass is 170 g/mol. The first-order chi connectivity index (χ1) is 5.70. The number of methoxy groups -OCH3 is 1. The molecule has 0 unspecified atom stereocenters. The SMILES string of the molecule is CO[C@H]1CC[C@H](C=O)[C@@H](C)[C@@H]1C. The molecule has 0 aromatic heterocycles. The normalized spacial score (nSPS) is 42.6. The standard InChI is InChI=1S/C10H18O2/c1-7-8(2)10(12-3)5-4-9(7)6-11/h6-10H,4-5H2,1-3H3/t7-,8-,9+,10-/m0/s1. The molecule has 1 rings (SSSR count). The van der Waals surface area contributed by atoms with E-state index in [2.05, 4.69) is 13.8 Å². The summed E-state index contributed by atoms with van der Waals surface area (Å²) in [7, 11) is 1.76. The molecule has 1 saturated carbocycles. The van der Waals surface area contributed by atoms with Crippen molar-refractivity contribution in [1.82, 2.24) is 0 Å². The van der Waals surface area contributed by atoms with Gasteiger partial charge >= 0.3 is 0 Å². The van der Waals surface area contributed by atoms with Gasteiger partial charge < -0.3 is 9.53 Å². The molecule has 0 radical (unpaired) electrons. The molecule has 0 bridgehead atoms. The van der Waals surface area contributed by atoms with E-state index in [1.165, 1.54) is 0 Å². The van der Waals surface area contributed by atoms with E-state index in [1.807, 2.05) is 0 Å². The molecule has 0 heterocycles. The van der Waals surface area contributed by atoms with Gasteiger partial charge in [0.25, 0.3) is 0 Å². The lowest BCUT2D eigenvalue weighted by molar-refractivity contribution is -0.116. The van der Waals surface area contributed by atoms with Gasteiger partial charge in [-0.3, -0.25) is 0 Å². The average molecular weight is 170 g/mol. The minimum atomic E-state index is 0.256. The van der Waals surface area contributed by atoms with Gasteiger partial charge in [0.05, 0.1) is 6.10 Å². The highest BCUT2D eigenvalue weighted by molar-refractivity contribution is 5.54. The average Bonchev–Trinajstić information content (AvgIpc) is 2.10. The van der Waals surface area contributed by atoms with Crippen LogP contribution in [0, 0.1) is 17.8 Å². The van der Waals surface area contributed by atoms with Crippen molar-refractivity contribution in [2.45, 2.75) is 32.8 Å². The molecule has 0 N–H and O–H groups in total. The number of rotatable bonds is 2. The Balaban J connectivity index is 2.58. The lowest BCUT2D eigenvalue weighted by Crippen LogP contribution is -2.36. The molecule has 1 aliphatic rings. The van der Waals surface area contributed by atoms with Crippen LogP contribution in [-0.4, -0.2) is 19.5 Å². The van der Waals surface area contributed by atoms with Crippen molar-refractivity contribution in [2.75, 3.05) is 7.11 Å². The van der Waals surface area contributed by atoms with Crippen LogP contribution in [0.5, 0.6) is 0 Å². The number of ether oxygens (including phenoxy) is 1. The van der Waals surface area contributed by atoms with Crippen LogP contribution in [0.15, 0.2) is 0 Å². The molecule has 12 heavy (non-hydrogen) atoms. The summed E-state index contributed by atoms with van der Waals surface area (Å²) in [6.45, 7) is 4.32. The summed E-state index contributed by atoms with van der Waals surface area (Å²) >= 11 is 0. The second kappa shape index (κ2) is 4.04. The predicted molar refractivity (Wildman–Crippen MR) is 47.9 cm³/mol. The molecule has 2 nitrogen and oxygen atoms in total. The number of carbonyl (C=O) groups is 1. The number of carbonyl (C=O) groups excluding carboxylic acids is 1. The summed E-state index contributed by atoms with van der Waals surface area (Å²) < 4.78 is 5.35. The topological polar surface area (TPSA) is 26.3 Å². The molecule has 70 valence electrons. The van der Waals surface area contributed by atoms with E-state index in [-0.39, 0.29) is 5.92 Å². The van der Waals surface area contributed by atoms with Gasteiger partial charge in [-0.1, -0.05) is 13.8 Å². The Bertz CT molecular complexity index is 156. The highest BCUT2D eigenvalue weighted by Crippen LogP contribution is 2.34. The molecule has 0 aliphatic heterocycles. The van der Waals surface area contributed by atoms with Gasteiger partial charge in [0.1, 0.15) is 6.29 Å². The van der Waals surface area contributed by atoms with Crippen molar-refractivity contribution < 1.29 is 9.53 Å². The third kappa shape index (κ3) is 1.69. The third-order valence-electron chi connectivity index (χ3n) is 3.35. The molecule has 0 aromatic carbocycles. The lowest BCUT2D eigenvalue weighted by atomic mass is 9.73. The minimum absolute atomic E-state index is 0.256. The summed E-state index contributed by atoms with van der Waals surface area (Å²) in [5.41, 5.74) is 0. The van der Waals surface area contributed by atoms with Gasteiger partial charge in [-0.05, 0) is 24.7 Å². The number of hydrogen-bond acceptors (Lipinski definition) is 2. The van der Waals surface area contributed by atoms with E-state index in [0.29, 0.717) is 17.9 Å². The van der Waals surface area contributed by atoms with Crippen LogP contribution in [0.2, 0.25) is 0 Å². The van der Waals surface area contributed by atoms with Crippen LogP contribution < -0.4 is 0 Å². The zero-order valence-electron chi connectivity index (χ0n) is 8.12. The van der Waals surface area contributed by atoms with Crippen molar-refractivity contribution in [3.05, 3.63) is 0 Å². The third-order valence-corrected chi connectivity index (χ3v) is 3.35. The highest BCUT2D eigenvalue weighted by atomic mass is 16.5.